The molecule has 0 aliphatic carbocycles. The Bertz CT molecular complexity index is 384. The Morgan fingerprint density at radius 1 is 1.56 bits per heavy atom. The van der Waals surface area contributed by atoms with E-state index in [-0.39, 0.29) is 6.10 Å². The first-order valence-electron chi connectivity index (χ1n) is 5.34. The molecule has 0 aliphatic heterocycles. The van der Waals surface area contributed by atoms with E-state index in [1.807, 2.05) is 19.1 Å². The minimum Gasteiger partial charge on any atom is -0.398 e. The van der Waals surface area contributed by atoms with E-state index in [2.05, 4.69) is 11.4 Å². The Labute approximate surface area is 95.7 Å². The van der Waals surface area contributed by atoms with Crippen LogP contribution >= 0.6 is 0 Å². The number of hydrogen-bond acceptors (Lipinski definition) is 4. The number of hydrogen-bond donors (Lipinski definition) is 3. The van der Waals surface area contributed by atoms with Crippen LogP contribution in [0.4, 0.5) is 11.4 Å². The number of anilines is 2. The third kappa shape index (κ3) is 3.44. The Hall–Kier alpha value is -1.73. The van der Waals surface area contributed by atoms with Crippen LogP contribution in [0.5, 0.6) is 0 Å². The normalized spacial score (nSPS) is 11.8. The lowest BCUT2D eigenvalue weighted by molar-refractivity contribution is 0.183. The van der Waals surface area contributed by atoms with E-state index in [9.17, 15) is 5.11 Å². The highest BCUT2D eigenvalue weighted by Crippen LogP contribution is 2.18. The highest BCUT2D eigenvalue weighted by molar-refractivity contribution is 5.58. The summed E-state index contributed by atoms with van der Waals surface area (Å²) in [5.41, 5.74) is 8.06. The summed E-state index contributed by atoms with van der Waals surface area (Å²) in [5, 5.41) is 21.1. The molecule has 1 rings (SSSR count). The second kappa shape index (κ2) is 5.99. The van der Waals surface area contributed by atoms with Gasteiger partial charge in [-0.1, -0.05) is 6.92 Å². The lowest BCUT2D eigenvalue weighted by Gasteiger charge is -2.12. The van der Waals surface area contributed by atoms with E-state index in [0.717, 1.165) is 11.3 Å². The van der Waals surface area contributed by atoms with Crippen LogP contribution in [0.15, 0.2) is 18.2 Å². The van der Waals surface area contributed by atoms with E-state index >= 15 is 0 Å². The number of nitrogens with zero attached hydrogens (tertiary/aromatic N) is 1. The monoisotopic (exact) mass is 219 g/mol. The zero-order chi connectivity index (χ0) is 12.0. The summed E-state index contributed by atoms with van der Waals surface area (Å²) in [6.45, 7) is 2.43. The van der Waals surface area contributed by atoms with Crippen molar-refractivity contribution >= 4 is 11.4 Å². The van der Waals surface area contributed by atoms with Crippen LogP contribution in [0.1, 0.15) is 18.9 Å². The van der Waals surface area contributed by atoms with Gasteiger partial charge in [-0.05, 0) is 30.2 Å². The average Bonchev–Trinajstić information content (AvgIpc) is 2.30. The Balaban J connectivity index is 2.68. The van der Waals surface area contributed by atoms with Crippen LogP contribution in [-0.4, -0.2) is 17.8 Å². The maximum Gasteiger partial charge on any atom is 0.0709 e. The van der Waals surface area contributed by atoms with Crippen molar-refractivity contribution in [1.29, 1.82) is 5.26 Å². The molecule has 0 aromatic heterocycles. The molecule has 0 fully saturated rings. The molecule has 0 saturated heterocycles. The second-order valence-corrected chi connectivity index (χ2v) is 3.69. The topological polar surface area (TPSA) is 82.1 Å². The van der Waals surface area contributed by atoms with Gasteiger partial charge in [-0.25, -0.2) is 0 Å². The molecule has 16 heavy (non-hydrogen) atoms. The van der Waals surface area contributed by atoms with Crippen molar-refractivity contribution in [2.45, 2.75) is 25.9 Å². The maximum atomic E-state index is 9.41. The molecule has 0 spiro atoms. The van der Waals surface area contributed by atoms with E-state index in [1.165, 1.54) is 0 Å². The highest BCUT2D eigenvalue weighted by Gasteiger charge is 2.03. The van der Waals surface area contributed by atoms with Gasteiger partial charge in [0.2, 0.25) is 0 Å². The Morgan fingerprint density at radius 3 is 2.94 bits per heavy atom. The summed E-state index contributed by atoms with van der Waals surface area (Å²) >= 11 is 0. The highest BCUT2D eigenvalue weighted by atomic mass is 16.3. The Kier molecular flexibility index (Phi) is 4.62. The zero-order valence-corrected chi connectivity index (χ0v) is 9.40. The van der Waals surface area contributed by atoms with Gasteiger partial charge in [0.05, 0.1) is 18.6 Å². The van der Waals surface area contributed by atoms with Gasteiger partial charge < -0.3 is 16.2 Å². The number of rotatable bonds is 5. The van der Waals surface area contributed by atoms with Crippen LogP contribution < -0.4 is 11.1 Å². The third-order valence-corrected chi connectivity index (χ3v) is 2.43. The summed E-state index contributed by atoms with van der Waals surface area (Å²) in [6, 6.07) is 7.54. The van der Waals surface area contributed by atoms with E-state index in [4.69, 9.17) is 11.0 Å². The molecule has 1 aromatic carbocycles. The average molecular weight is 219 g/mol. The summed E-state index contributed by atoms with van der Waals surface area (Å²) in [7, 11) is 0. The van der Waals surface area contributed by atoms with E-state index in [1.54, 1.807) is 6.07 Å². The van der Waals surface area contributed by atoms with E-state index < -0.39 is 0 Å². The summed E-state index contributed by atoms with van der Waals surface area (Å²) < 4.78 is 0. The number of nitrogens with two attached hydrogens (primary N) is 1. The molecule has 86 valence electrons. The number of benzene rings is 1. The molecule has 0 saturated carbocycles. The molecule has 0 heterocycles. The minimum atomic E-state index is -0.350. The molecule has 1 unspecified atom stereocenters. The standard InChI is InChI=1S/C12H17N3O/c1-2-11(16)8-15-10-3-4-12(14)9(7-10)5-6-13/h3-4,7,11,15-16H,2,5,8,14H2,1H3. The van der Waals surface area contributed by atoms with Crippen molar-refractivity contribution in [1.82, 2.24) is 0 Å². The molecule has 4 nitrogen and oxygen atoms in total. The minimum absolute atomic E-state index is 0.303. The predicted molar refractivity (Wildman–Crippen MR) is 65.0 cm³/mol. The van der Waals surface area contributed by atoms with Crippen molar-refractivity contribution in [3.05, 3.63) is 23.8 Å². The number of aliphatic hydroxyl groups is 1. The lowest BCUT2D eigenvalue weighted by atomic mass is 10.1. The smallest absolute Gasteiger partial charge is 0.0709 e. The van der Waals surface area contributed by atoms with Crippen molar-refractivity contribution in [2.75, 3.05) is 17.6 Å². The van der Waals surface area contributed by atoms with Gasteiger partial charge in [0, 0.05) is 17.9 Å². The fourth-order valence-electron chi connectivity index (χ4n) is 1.33. The Morgan fingerprint density at radius 2 is 2.31 bits per heavy atom. The molecule has 0 amide bonds. The fraction of sp³-hybridized carbons (Fsp3) is 0.417. The molecule has 1 aromatic rings. The first kappa shape index (κ1) is 12.3. The largest absolute Gasteiger partial charge is 0.398 e. The number of nitrogens with one attached hydrogen (secondary N) is 1. The van der Waals surface area contributed by atoms with Crippen molar-refractivity contribution in [3.63, 3.8) is 0 Å². The predicted octanol–water partition coefficient (Wildman–Crippen LogP) is 1.52. The molecule has 1 atom stereocenters. The quantitative estimate of drug-likeness (QED) is 0.656. The summed E-state index contributed by atoms with van der Waals surface area (Å²) in [6.07, 6.45) is 0.669. The molecule has 4 heteroatoms. The summed E-state index contributed by atoms with van der Waals surface area (Å²) in [5.74, 6) is 0. The zero-order valence-electron chi connectivity index (χ0n) is 9.40. The summed E-state index contributed by atoms with van der Waals surface area (Å²) in [4.78, 5) is 0. The maximum absolute atomic E-state index is 9.41. The van der Waals surface area contributed by atoms with Crippen molar-refractivity contribution in [2.24, 2.45) is 0 Å². The van der Waals surface area contributed by atoms with Gasteiger partial charge in [0.1, 0.15) is 0 Å². The van der Waals surface area contributed by atoms with E-state index in [0.29, 0.717) is 25.1 Å². The molecule has 0 bridgehead atoms. The van der Waals surface area contributed by atoms with Crippen LogP contribution in [0.2, 0.25) is 0 Å². The van der Waals surface area contributed by atoms with Gasteiger partial charge in [0.15, 0.2) is 0 Å². The third-order valence-electron chi connectivity index (χ3n) is 2.43. The van der Waals surface area contributed by atoms with Crippen molar-refractivity contribution in [3.8, 4) is 6.07 Å². The molecule has 0 aliphatic rings. The molecular weight excluding hydrogens is 202 g/mol. The number of nitriles is 1. The SMILES string of the molecule is CCC(O)CNc1ccc(N)c(CC#N)c1. The first-order chi connectivity index (χ1) is 7.67. The van der Waals surface area contributed by atoms with Crippen LogP contribution in [-0.2, 0) is 6.42 Å². The van der Waals surface area contributed by atoms with Gasteiger partial charge in [-0.2, -0.15) is 5.26 Å². The van der Waals surface area contributed by atoms with Crippen LogP contribution in [0.3, 0.4) is 0 Å². The van der Waals surface area contributed by atoms with Crippen LogP contribution in [0, 0.1) is 11.3 Å². The van der Waals surface area contributed by atoms with Gasteiger partial charge in [-0.3, -0.25) is 0 Å². The van der Waals surface area contributed by atoms with Gasteiger partial charge in [0.25, 0.3) is 0 Å². The molecule has 0 radical (unpaired) electrons. The van der Waals surface area contributed by atoms with Crippen molar-refractivity contribution < 1.29 is 5.11 Å². The lowest BCUT2D eigenvalue weighted by Crippen LogP contribution is -2.18. The second-order valence-electron chi connectivity index (χ2n) is 3.69. The first-order valence-corrected chi connectivity index (χ1v) is 5.34. The van der Waals surface area contributed by atoms with Gasteiger partial charge in [-0.15, -0.1) is 0 Å². The molecule has 4 N–H and O–H groups in total. The number of aliphatic hydroxyl groups excluding tert-OH is 1. The molecular formula is C12H17N3O. The fourth-order valence-corrected chi connectivity index (χ4v) is 1.33. The number of nitrogen functional groups attached to an aromatic ring is 1. The van der Waals surface area contributed by atoms with Crippen LogP contribution in [0.25, 0.3) is 0 Å². The van der Waals surface area contributed by atoms with Gasteiger partial charge >= 0.3 is 0 Å².